The van der Waals surface area contributed by atoms with Crippen LogP contribution in [0.5, 0.6) is 0 Å². The van der Waals surface area contributed by atoms with Gasteiger partial charge in [0.1, 0.15) is 0 Å². The van der Waals surface area contributed by atoms with Crippen molar-refractivity contribution < 1.29 is 14.3 Å². The lowest BCUT2D eigenvalue weighted by molar-refractivity contribution is -0.130. The first-order valence-corrected chi connectivity index (χ1v) is 8.56. The van der Waals surface area contributed by atoms with Gasteiger partial charge in [0.15, 0.2) is 0 Å². The molecule has 4 N–H and O–H groups in total. The standard InChI is InChI=1S/C18H25N3O3.ClH/c1-12(20-17(23)18(19)8-10-24-11-9-18)13-4-6-15(7-5-13)21-16(22)14-2-3-14;/h4-7,12,14H,2-3,8-11,19H2,1H3,(H,20,23)(H,21,22);1H. The number of anilines is 1. The second-order valence-corrected chi connectivity index (χ2v) is 6.85. The Morgan fingerprint density at radius 2 is 1.80 bits per heavy atom. The average molecular weight is 368 g/mol. The molecular formula is C18H26ClN3O3. The number of amides is 2. The number of hydrogen-bond acceptors (Lipinski definition) is 4. The van der Waals surface area contributed by atoms with Crippen LogP contribution in [0.4, 0.5) is 5.69 Å². The van der Waals surface area contributed by atoms with Crippen LogP contribution in [0.15, 0.2) is 24.3 Å². The lowest BCUT2D eigenvalue weighted by atomic mass is 9.90. The number of benzene rings is 1. The molecule has 3 rings (SSSR count). The summed E-state index contributed by atoms with van der Waals surface area (Å²) in [7, 11) is 0. The third-order valence-corrected chi connectivity index (χ3v) is 4.81. The average Bonchev–Trinajstić information content (AvgIpc) is 3.41. The maximum absolute atomic E-state index is 12.4. The van der Waals surface area contributed by atoms with Crippen molar-refractivity contribution in [1.29, 1.82) is 0 Å². The maximum Gasteiger partial charge on any atom is 0.240 e. The molecule has 1 saturated carbocycles. The van der Waals surface area contributed by atoms with Gasteiger partial charge >= 0.3 is 0 Å². The van der Waals surface area contributed by atoms with Gasteiger partial charge in [-0.25, -0.2) is 0 Å². The minimum absolute atomic E-state index is 0. The molecule has 1 atom stereocenters. The molecular weight excluding hydrogens is 342 g/mol. The number of rotatable bonds is 5. The lowest BCUT2D eigenvalue weighted by Gasteiger charge is -2.33. The first-order valence-electron chi connectivity index (χ1n) is 8.56. The highest BCUT2D eigenvalue weighted by Gasteiger charge is 2.36. The number of ether oxygens (including phenoxy) is 1. The number of nitrogens with two attached hydrogens (primary N) is 1. The van der Waals surface area contributed by atoms with Gasteiger partial charge in [0.05, 0.1) is 11.6 Å². The Kier molecular flexibility index (Phi) is 6.43. The van der Waals surface area contributed by atoms with Crippen molar-refractivity contribution in [3.63, 3.8) is 0 Å². The van der Waals surface area contributed by atoms with Crippen LogP contribution < -0.4 is 16.4 Å². The SMILES string of the molecule is CC(NC(=O)C1(N)CCOCC1)c1ccc(NC(=O)C2CC2)cc1.Cl. The van der Waals surface area contributed by atoms with Crippen LogP contribution in [0.25, 0.3) is 0 Å². The van der Waals surface area contributed by atoms with Crippen LogP contribution in [0.2, 0.25) is 0 Å². The summed E-state index contributed by atoms with van der Waals surface area (Å²) in [5.41, 5.74) is 7.12. The van der Waals surface area contributed by atoms with Gasteiger partial charge in [0, 0.05) is 24.8 Å². The van der Waals surface area contributed by atoms with Crippen molar-refractivity contribution >= 4 is 29.9 Å². The van der Waals surface area contributed by atoms with Crippen LogP contribution >= 0.6 is 12.4 Å². The zero-order valence-corrected chi connectivity index (χ0v) is 15.2. The summed E-state index contributed by atoms with van der Waals surface area (Å²) in [6.45, 7) is 2.97. The van der Waals surface area contributed by atoms with Crippen LogP contribution in [-0.2, 0) is 14.3 Å². The van der Waals surface area contributed by atoms with E-state index in [0.29, 0.717) is 26.1 Å². The van der Waals surface area contributed by atoms with Crippen LogP contribution in [0, 0.1) is 5.92 Å². The molecule has 7 heteroatoms. The van der Waals surface area contributed by atoms with Gasteiger partial charge in [0.25, 0.3) is 0 Å². The fraction of sp³-hybridized carbons (Fsp3) is 0.556. The summed E-state index contributed by atoms with van der Waals surface area (Å²) in [6.07, 6.45) is 3.05. The topological polar surface area (TPSA) is 93.5 Å². The van der Waals surface area contributed by atoms with Gasteiger partial charge in [-0.2, -0.15) is 0 Å². The largest absolute Gasteiger partial charge is 0.381 e. The Labute approximate surface area is 154 Å². The number of hydrogen-bond donors (Lipinski definition) is 3. The van der Waals surface area contributed by atoms with Crippen LogP contribution in [0.3, 0.4) is 0 Å². The summed E-state index contributed by atoms with van der Waals surface area (Å²) in [5.74, 6) is 0.140. The molecule has 2 fully saturated rings. The van der Waals surface area contributed by atoms with Crippen molar-refractivity contribution in [2.45, 2.75) is 44.2 Å². The van der Waals surface area contributed by atoms with Gasteiger partial charge in [-0.15, -0.1) is 12.4 Å². The molecule has 6 nitrogen and oxygen atoms in total. The van der Waals surface area contributed by atoms with Gasteiger partial charge in [0.2, 0.25) is 11.8 Å². The lowest BCUT2D eigenvalue weighted by Crippen LogP contribution is -2.57. The predicted octanol–water partition coefficient (Wildman–Crippen LogP) is 2.14. The molecule has 1 unspecified atom stereocenters. The highest BCUT2D eigenvalue weighted by Crippen LogP contribution is 2.30. The molecule has 1 aliphatic carbocycles. The van der Waals surface area contributed by atoms with Crippen molar-refractivity contribution in [3.05, 3.63) is 29.8 Å². The normalized spacial score (nSPS) is 20.1. The fourth-order valence-electron chi connectivity index (χ4n) is 2.83. The molecule has 0 spiro atoms. The Hall–Kier alpha value is -1.63. The van der Waals surface area contributed by atoms with Gasteiger partial charge < -0.3 is 21.1 Å². The summed E-state index contributed by atoms with van der Waals surface area (Å²) in [4.78, 5) is 24.2. The zero-order chi connectivity index (χ0) is 17.2. The van der Waals surface area contributed by atoms with Gasteiger partial charge in [-0.1, -0.05) is 12.1 Å². The Morgan fingerprint density at radius 3 is 2.36 bits per heavy atom. The molecule has 1 heterocycles. The van der Waals surface area contributed by atoms with Gasteiger partial charge in [-0.05, 0) is 50.3 Å². The first kappa shape index (κ1) is 19.7. The second kappa shape index (κ2) is 8.17. The monoisotopic (exact) mass is 367 g/mol. The quantitative estimate of drug-likeness (QED) is 0.743. The van der Waals surface area contributed by atoms with E-state index in [9.17, 15) is 9.59 Å². The molecule has 1 aromatic rings. The highest BCUT2D eigenvalue weighted by molar-refractivity contribution is 5.94. The van der Waals surface area contributed by atoms with Crippen molar-refractivity contribution in [2.75, 3.05) is 18.5 Å². The molecule has 0 radical (unpaired) electrons. The number of nitrogens with one attached hydrogen (secondary N) is 2. The molecule has 25 heavy (non-hydrogen) atoms. The minimum Gasteiger partial charge on any atom is -0.381 e. The molecule has 0 aromatic heterocycles. The van der Waals surface area contributed by atoms with E-state index in [-0.39, 0.29) is 36.2 Å². The first-order chi connectivity index (χ1) is 11.5. The Balaban J connectivity index is 0.00000225. The summed E-state index contributed by atoms with van der Waals surface area (Å²) in [6, 6.07) is 7.42. The number of halogens is 1. The molecule has 2 aliphatic rings. The van der Waals surface area contributed by atoms with Crippen LogP contribution in [0.1, 0.15) is 44.2 Å². The van der Waals surface area contributed by atoms with E-state index in [4.69, 9.17) is 10.5 Å². The minimum atomic E-state index is -0.843. The maximum atomic E-state index is 12.4. The highest BCUT2D eigenvalue weighted by atomic mass is 35.5. The number of carbonyl (C=O) groups excluding carboxylic acids is 2. The van der Waals surface area contributed by atoms with E-state index in [2.05, 4.69) is 10.6 Å². The van der Waals surface area contributed by atoms with E-state index in [1.54, 1.807) is 0 Å². The van der Waals surface area contributed by atoms with Crippen molar-refractivity contribution in [3.8, 4) is 0 Å². The summed E-state index contributed by atoms with van der Waals surface area (Å²) in [5, 5.41) is 5.90. The third-order valence-electron chi connectivity index (χ3n) is 4.81. The molecule has 2 amide bonds. The van der Waals surface area contributed by atoms with Crippen molar-refractivity contribution in [1.82, 2.24) is 5.32 Å². The number of carbonyl (C=O) groups is 2. The molecule has 1 aliphatic heterocycles. The fourth-order valence-corrected chi connectivity index (χ4v) is 2.83. The molecule has 0 bridgehead atoms. The molecule has 138 valence electrons. The van der Waals surface area contributed by atoms with E-state index < -0.39 is 5.54 Å². The summed E-state index contributed by atoms with van der Waals surface area (Å²) < 4.78 is 5.28. The molecule has 1 aromatic carbocycles. The van der Waals surface area contributed by atoms with Gasteiger partial charge in [-0.3, -0.25) is 9.59 Å². The Bertz CT molecular complexity index is 610. The van der Waals surface area contributed by atoms with E-state index >= 15 is 0 Å². The van der Waals surface area contributed by atoms with Crippen molar-refractivity contribution in [2.24, 2.45) is 11.7 Å². The van der Waals surface area contributed by atoms with Crippen LogP contribution in [-0.4, -0.2) is 30.6 Å². The third kappa shape index (κ3) is 4.93. The zero-order valence-electron chi connectivity index (χ0n) is 14.4. The smallest absolute Gasteiger partial charge is 0.240 e. The summed E-state index contributed by atoms with van der Waals surface area (Å²) >= 11 is 0. The van der Waals surface area contributed by atoms with E-state index in [1.165, 1.54) is 0 Å². The predicted molar refractivity (Wildman–Crippen MR) is 98.6 cm³/mol. The van der Waals surface area contributed by atoms with E-state index in [1.807, 2.05) is 31.2 Å². The Morgan fingerprint density at radius 1 is 1.20 bits per heavy atom. The van der Waals surface area contributed by atoms with E-state index in [0.717, 1.165) is 24.1 Å². The molecule has 1 saturated heterocycles. The second-order valence-electron chi connectivity index (χ2n) is 6.85.